The Kier molecular flexibility index (Phi) is 5.12. The molecule has 1 aliphatic rings. The number of carbonyl (C=O) groups excluding carboxylic acids is 1. The van der Waals surface area contributed by atoms with Crippen molar-refractivity contribution in [1.82, 2.24) is 4.90 Å². The fraction of sp³-hybridized carbons (Fsp3) is 0.562. The van der Waals surface area contributed by atoms with Gasteiger partial charge in [-0.3, -0.25) is 0 Å². The zero-order valence-corrected chi connectivity index (χ0v) is 14.7. The molecule has 1 saturated heterocycles. The topological polar surface area (TPSA) is 29.5 Å². The van der Waals surface area contributed by atoms with Crippen LogP contribution in [0, 0.1) is 0 Å². The van der Waals surface area contributed by atoms with Crippen LogP contribution >= 0.6 is 23.2 Å². The molecular formula is C16H19Cl2F2NO2. The molecule has 1 fully saturated rings. The predicted octanol–water partition coefficient (Wildman–Crippen LogP) is 5.35. The second-order valence-electron chi connectivity index (χ2n) is 6.79. The number of benzene rings is 1. The Morgan fingerprint density at radius 1 is 1.30 bits per heavy atom. The number of nitrogens with zero attached hydrogens (tertiary/aromatic N) is 1. The lowest BCUT2D eigenvalue weighted by Gasteiger charge is -2.38. The molecule has 1 unspecified atom stereocenters. The van der Waals surface area contributed by atoms with Crippen LogP contribution in [-0.2, 0) is 4.74 Å². The van der Waals surface area contributed by atoms with Crippen molar-refractivity contribution in [3.8, 4) is 0 Å². The molecule has 23 heavy (non-hydrogen) atoms. The van der Waals surface area contributed by atoms with E-state index in [9.17, 15) is 13.6 Å². The number of hydrogen-bond donors (Lipinski definition) is 0. The maximum absolute atomic E-state index is 14.1. The summed E-state index contributed by atoms with van der Waals surface area (Å²) in [4.78, 5) is 13.2. The van der Waals surface area contributed by atoms with E-state index in [0.717, 1.165) is 4.90 Å². The number of alkyl halides is 2. The molecule has 1 amide bonds. The molecule has 1 heterocycles. The second kappa shape index (κ2) is 6.44. The summed E-state index contributed by atoms with van der Waals surface area (Å²) in [6.45, 7) is 4.61. The fourth-order valence-electron chi connectivity index (χ4n) is 2.55. The predicted molar refractivity (Wildman–Crippen MR) is 86.6 cm³/mol. The van der Waals surface area contributed by atoms with Gasteiger partial charge < -0.3 is 9.64 Å². The highest BCUT2D eigenvalue weighted by Crippen LogP contribution is 2.38. The maximum atomic E-state index is 14.1. The summed E-state index contributed by atoms with van der Waals surface area (Å²) in [6.07, 6.45) is -1.08. The van der Waals surface area contributed by atoms with Gasteiger partial charge in [0, 0.05) is 18.9 Å². The van der Waals surface area contributed by atoms with Crippen molar-refractivity contribution in [2.24, 2.45) is 0 Å². The molecule has 0 aliphatic carbocycles. The van der Waals surface area contributed by atoms with Gasteiger partial charge in [-0.15, -0.1) is 0 Å². The van der Waals surface area contributed by atoms with Crippen LogP contribution < -0.4 is 0 Å². The van der Waals surface area contributed by atoms with Crippen LogP contribution in [0.5, 0.6) is 0 Å². The molecular weight excluding hydrogens is 347 g/mol. The molecule has 0 bridgehead atoms. The number of carbonyl (C=O) groups is 1. The van der Waals surface area contributed by atoms with Crippen LogP contribution in [-0.4, -0.2) is 35.6 Å². The van der Waals surface area contributed by atoms with Gasteiger partial charge in [0.2, 0.25) is 0 Å². The van der Waals surface area contributed by atoms with E-state index in [1.165, 1.54) is 0 Å². The lowest BCUT2D eigenvalue weighted by atomic mass is 9.89. The van der Waals surface area contributed by atoms with E-state index >= 15 is 0 Å². The highest BCUT2D eigenvalue weighted by molar-refractivity contribution is 6.42. The first kappa shape index (κ1) is 18.3. The summed E-state index contributed by atoms with van der Waals surface area (Å²) < 4.78 is 33.3. The SMILES string of the molecule is CC(C)(C)OC(=O)N1CC(c2ccc(Cl)c(Cl)c2)CC(F)(F)C1. The van der Waals surface area contributed by atoms with Crippen molar-refractivity contribution in [1.29, 1.82) is 0 Å². The Morgan fingerprint density at radius 3 is 2.52 bits per heavy atom. The summed E-state index contributed by atoms with van der Waals surface area (Å²) in [5.41, 5.74) is -0.101. The summed E-state index contributed by atoms with van der Waals surface area (Å²) >= 11 is 11.8. The lowest BCUT2D eigenvalue weighted by Crippen LogP contribution is -2.50. The fourth-order valence-corrected chi connectivity index (χ4v) is 2.86. The molecule has 3 nitrogen and oxygen atoms in total. The normalized spacial score (nSPS) is 21.2. The van der Waals surface area contributed by atoms with E-state index in [1.807, 2.05) is 0 Å². The molecule has 7 heteroatoms. The largest absolute Gasteiger partial charge is 0.444 e. The average molecular weight is 366 g/mol. The molecule has 0 aromatic heterocycles. The molecule has 1 atom stereocenters. The van der Waals surface area contributed by atoms with Gasteiger partial charge in [-0.05, 0) is 38.5 Å². The molecule has 128 valence electrons. The van der Waals surface area contributed by atoms with Gasteiger partial charge in [0.15, 0.2) is 0 Å². The summed E-state index contributed by atoms with van der Waals surface area (Å²) in [7, 11) is 0. The van der Waals surface area contributed by atoms with Gasteiger partial charge in [-0.2, -0.15) is 0 Å². The summed E-state index contributed by atoms with van der Waals surface area (Å²) in [5.74, 6) is -3.51. The van der Waals surface area contributed by atoms with Crippen molar-refractivity contribution in [3.63, 3.8) is 0 Å². The van der Waals surface area contributed by atoms with Crippen molar-refractivity contribution in [2.45, 2.75) is 44.6 Å². The van der Waals surface area contributed by atoms with Crippen LogP contribution in [0.4, 0.5) is 13.6 Å². The van der Waals surface area contributed by atoms with E-state index in [1.54, 1.807) is 39.0 Å². The van der Waals surface area contributed by atoms with E-state index in [0.29, 0.717) is 15.6 Å². The van der Waals surface area contributed by atoms with Crippen LogP contribution in [0.1, 0.15) is 38.7 Å². The van der Waals surface area contributed by atoms with Crippen LogP contribution in [0.2, 0.25) is 10.0 Å². The second-order valence-corrected chi connectivity index (χ2v) is 7.61. The number of likely N-dealkylation sites (tertiary alicyclic amines) is 1. The highest BCUT2D eigenvalue weighted by atomic mass is 35.5. The molecule has 2 rings (SSSR count). The van der Waals surface area contributed by atoms with Crippen molar-refractivity contribution >= 4 is 29.3 Å². The smallest absolute Gasteiger partial charge is 0.410 e. The third-order valence-electron chi connectivity index (χ3n) is 3.47. The van der Waals surface area contributed by atoms with Crippen molar-refractivity contribution in [2.75, 3.05) is 13.1 Å². The van der Waals surface area contributed by atoms with Crippen molar-refractivity contribution in [3.05, 3.63) is 33.8 Å². The molecule has 1 aliphatic heterocycles. The number of piperidine rings is 1. The number of amides is 1. The standard InChI is InChI=1S/C16H19Cl2F2NO2/c1-15(2,3)23-14(22)21-8-11(7-16(19,20)9-21)10-4-5-12(17)13(18)6-10/h4-6,11H,7-9H2,1-3H3. The summed E-state index contributed by atoms with van der Waals surface area (Å²) in [5, 5.41) is 0.670. The third kappa shape index (κ3) is 4.95. The molecule has 0 N–H and O–H groups in total. The monoisotopic (exact) mass is 365 g/mol. The Balaban J connectivity index is 2.21. The molecule has 1 aromatic rings. The third-order valence-corrected chi connectivity index (χ3v) is 4.21. The van der Waals surface area contributed by atoms with Gasteiger partial charge in [0.25, 0.3) is 5.92 Å². The first-order chi connectivity index (χ1) is 10.5. The minimum absolute atomic E-state index is 0.155. The molecule has 1 aromatic carbocycles. The minimum Gasteiger partial charge on any atom is -0.444 e. The van der Waals surface area contributed by atoms with Gasteiger partial charge in [-0.1, -0.05) is 29.3 Å². The van der Waals surface area contributed by atoms with Gasteiger partial charge in [0.05, 0.1) is 16.6 Å². The van der Waals surface area contributed by atoms with Crippen LogP contribution in [0.15, 0.2) is 18.2 Å². The Morgan fingerprint density at radius 2 is 1.96 bits per heavy atom. The molecule has 0 spiro atoms. The minimum atomic E-state index is -2.98. The number of hydrogen-bond acceptors (Lipinski definition) is 2. The quantitative estimate of drug-likeness (QED) is 0.670. The Bertz CT molecular complexity index is 602. The zero-order valence-electron chi connectivity index (χ0n) is 13.2. The number of ether oxygens (including phenoxy) is 1. The molecule has 0 saturated carbocycles. The maximum Gasteiger partial charge on any atom is 0.410 e. The van der Waals surface area contributed by atoms with Crippen LogP contribution in [0.25, 0.3) is 0 Å². The number of rotatable bonds is 1. The van der Waals surface area contributed by atoms with E-state index in [2.05, 4.69) is 0 Å². The molecule has 0 radical (unpaired) electrons. The number of halogens is 4. The van der Waals surface area contributed by atoms with Gasteiger partial charge >= 0.3 is 6.09 Å². The van der Waals surface area contributed by atoms with Gasteiger partial charge in [0.1, 0.15) is 5.60 Å². The van der Waals surface area contributed by atoms with E-state index in [4.69, 9.17) is 27.9 Å². The summed E-state index contributed by atoms with van der Waals surface area (Å²) in [6, 6.07) is 4.81. The zero-order chi connectivity index (χ0) is 17.4. The lowest BCUT2D eigenvalue weighted by molar-refractivity contribution is -0.0755. The van der Waals surface area contributed by atoms with Crippen molar-refractivity contribution < 1.29 is 18.3 Å². The first-order valence-electron chi connectivity index (χ1n) is 7.27. The Labute approximate surface area is 144 Å². The average Bonchev–Trinajstić information content (AvgIpc) is 2.38. The highest BCUT2D eigenvalue weighted by Gasteiger charge is 2.43. The van der Waals surface area contributed by atoms with Gasteiger partial charge in [-0.25, -0.2) is 13.6 Å². The van der Waals surface area contributed by atoms with Crippen LogP contribution in [0.3, 0.4) is 0 Å². The van der Waals surface area contributed by atoms with E-state index in [-0.39, 0.29) is 13.0 Å². The first-order valence-corrected chi connectivity index (χ1v) is 8.03. The Hall–Kier alpha value is -1.07. The van der Waals surface area contributed by atoms with E-state index < -0.39 is 30.1 Å².